The highest BCUT2D eigenvalue weighted by Gasteiger charge is 2.51. The average Bonchev–Trinajstić information content (AvgIpc) is 3.48. The second-order valence-electron chi connectivity index (χ2n) is 9.63. The van der Waals surface area contributed by atoms with E-state index in [-0.39, 0.29) is 11.8 Å². The van der Waals surface area contributed by atoms with E-state index in [1.807, 2.05) is 42.2 Å². The van der Waals surface area contributed by atoms with E-state index in [2.05, 4.69) is 22.0 Å². The van der Waals surface area contributed by atoms with Crippen molar-refractivity contribution in [2.24, 2.45) is 0 Å². The van der Waals surface area contributed by atoms with Crippen LogP contribution in [0.4, 0.5) is 18.9 Å². The highest BCUT2D eigenvalue weighted by molar-refractivity contribution is 6.01. The summed E-state index contributed by atoms with van der Waals surface area (Å²) in [7, 11) is 0. The zero-order valence-corrected chi connectivity index (χ0v) is 21.8. The Labute approximate surface area is 228 Å². The molecule has 1 N–H and O–H groups in total. The molecule has 12 heteroatoms. The summed E-state index contributed by atoms with van der Waals surface area (Å²) in [5, 5.41) is 7.12. The van der Waals surface area contributed by atoms with Gasteiger partial charge >= 0.3 is 12.1 Å². The van der Waals surface area contributed by atoms with Crippen LogP contribution in [-0.2, 0) is 16.1 Å². The molecule has 40 heavy (non-hydrogen) atoms. The maximum atomic E-state index is 14.0. The summed E-state index contributed by atoms with van der Waals surface area (Å²) >= 11 is 0. The van der Waals surface area contributed by atoms with Crippen LogP contribution in [-0.4, -0.2) is 75.6 Å². The average molecular weight is 559 g/mol. The van der Waals surface area contributed by atoms with Crippen LogP contribution in [0.1, 0.15) is 34.7 Å². The number of likely N-dealkylation sites (tertiary alicyclic amines) is 1. The molecule has 2 fully saturated rings. The van der Waals surface area contributed by atoms with Crippen LogP contribution in [0.25, 0.3) is 0 Å². The molecule has 1 spiro atoms. The van der Waals surface area contributed by atoms with Crippen molar-refractivity contribution in [3.8, 4) is 0 Å². The molecule has 0 radical (unpaired) electrons. The second kappa shape index (κ2) is 11.9. The van der Waals surface area contributed by atoms with Crippen LogP contribution in [0.2, 0.25) is 0 Å². The van der Waals surface area contributed by atoms with Crippen molar-refractivity contribution in [3.63, 3.8) is 0 Å². The number of amides is 2. The molecule has 0 atom stereocenters. The molecule has 2 aromatic heterocycles. The van der Waals surface area contributed by atoms with Crippen molar-refractivity contribution < 1.29 is 37.1 Å². The monoisotopic (exact) mass is 558 g/mol. The van der Waals surface area contributed by atoms with Gasteiger partial charge in [0, 0.05) is 38.4 Å². The quantitative estimate of drug-likeness (QED) is 0.513. The van der Waals surface area contributed by atoms with E-state index in [1.165, 1.54) is 11.8 Å². The molecule has 5 rings (SSSR count). The van der Waals surface area contributed by atoms with Gasteiger partial charge in [0.25, 0.3) is 5.91 Å². The largest absolute Gasteiger partial charge is 0.490 e. The minimum atomic E-state index is -5.08. The first-order valence-corrected chi connectivity index (χ1v) is 12.7. The number of aliphatic carboxylic acids is 1. The van der Waals surface area contributed by atoms with Crippen LogP contribution in [0.3, 0.4) is 0 Å². The van der Waals surface area contributed by atoms with Crippen LogP contribution in [0.5, 0.6) is 0 Å². The SMILES string of the molecule is Cc1ccc(N2CCN(Cc3ccccc3)C3(CCN(C(=O)c4ccco4)CC3)C2=O)cn1.O=C(O)C(F)(F)F. The fourth-order valence-corrected chi connectivity index (χ4v) is 4.99. The number of carboxylic acid groups (broad SMARTS) is 1. The lowest BCUT2D eigenvalue weighted by Gasteiger charge is -2.52. The molecule has 4 heterocycles. The normalized spacial score (nSPS) is 17.4. The summed E-state index contributed by atoms with van der Waals surface area (Å²) in [4.78, 5) is 46.1. The number of benzene rings is 1. The van der Waals surface area contributed by atoms with Gasteiger partial charge in [0.2, 0.25) is 5.91 Å². The van der Waals surface area contributed by atoms with Crippen molar-refractivity contribution in [1.29, 1.82) is 0 Å². The first kappa shape index (κ1) is 28.8. The Kier molecular flexibility index (Phi) is 8.58. The highest BCUT2D eigenvalue weighted by atomic mass is 19.4. The van der Waals surface area contributed by atoms with Gasteiger partial charge < -0.3 is 19.3 Å². The maximum Gasteiger partial charge on any atom is 0.490 e. The number of furan rings is 1. The van der Waals surface area contributed by atoms with E-state index < -0.39 is 17.7 Å². The molecular formula is C28H29F3N4O5. The van der Waals surface area contributed by atoms with Crippen LogP contribution in [0, 0.1) is 6.92 Å². The number of rotatable bonds is 4. The van der Waals surface area contributed by atoms with E-state index in [0.29, 0.717) is 44.8 Å². The van der Waals surface area contributed by atoms with Crippen molar-refractivity contribution in [3.05, 3.63) is 84.1 Å². The molecule has 2 aliphatic heterocycles. The van der Waals surface area contributed by atoms with E-state index in [0.717, 1.165) is 17.9 Å². The zero-order chi connectivity index (χ0) is 28.9. The van der Waals surface area contributed by atoms with Gasteiger partial charge in [-0.25, -0.2) is 4.79 Å². The molecule has 2 saturated heterocycles. The number of piperidine rings is 1. The third kappa shape index (κ3) is 6.33. The summed E-state index contributed by atoms with van der Waals surface area (Å²) < 4.78 is 37.0. The number of piperazine rings is 1. The number of carbonyl (C=O) groups excluding carboxylic acids is 2. The first-order chi connectivity index (χ1) is 19.0. The van der Waals surface area contributed by atoms with Crippen LogP contribution < -0.4 is 4.90 Å². The lowest BCUT2D eigenvalue weighted by molar-refractivity contribution is -0.192. The zero-order valence-electron chi connectivity index (χ0n) is 21.8. The Balaban J connectivity index is 0.000000470. The van der Waals surface area contributed by atoms with Crippen LogP contribution >= 0.6 is 0 Å². The third-order valence-corrected chi connectivity index (χ3v) is 7.12. The maximum absolute atomic E-state index is 14.0. The molecule has 0 saturated carbocycles. The number of carbonyl (C=O) groups is 3. The van der Waals surface area contributed by atoms with Crippen molar-refractivity contribution in [1.82, 2.24) is 14.8 Å². The number of alkyl halides is 3. The van der Waals surface area contributed by atoms with Gasteiger partial charge in [-0.05, 0) is 49.6 Å². The Bertz CT molecular complexity index is 1310. The topological polar surface area (TPSA) is 107 Å². The van der Waals surface area contributed by atoms with Gasteiger partial charge in [0.1, 0.15) is 5.54 Å². The number of hydrogen-bond acceptors (Lipinski definition) is 6. The molecular weight excluding hydrogens is 529 g/mol. The van der Waals surface area contributed by atoms with E-state index >= 15 is 0 Å². The number of aryl methyl sites for hydroxylation is 1. The van der Waals surface area contributed by atoms with E-state index in [9.17, 15) is 22.8 Å². The van der Waals surface area contributed by atoms with Crippen molar-refractivity contribution in [2.45, 2.75) is 38.0 Å². The van der Waals surface area contributed by atoms with Gasteiger partial charge in [-0.2, -0.15) is 13.2 Å². The van der Waals surface area contributed by atoms with Crippen molar-refractivity contribution in [2.75, 3.05) is 31.1 Å². The molecule has 2 amide bonds. The molecule has 0 bridgehead atoms. The molecule has 1 aromatic carbocycles. The number of nitrogens with zero attached hydrogens (tertiary/aromatic N) is 4. The summed E-state index contributed by atoms with van der Waals surface area (Å²) in [6.07, 6.45) is -0.621. The summed E-state index contributed by atoms with van der Waals surface area (Å²) in [6, 6.07) is 17.6. The van der Waals surface area contributed by atoms with Gasteiger partial charge in [-0.15, -0.1) is 0 Å². The van der Waals surface area contributed by atoms with E-state index in [1.54, 1.807) is 23.2 Å². The fourth-order valence-electron chi connectivity index (χ4n) is 4.99. The third-order valence-electron chi connectivity index (χ3n) is 7.12. The Hall–Kier alpha value is -4.19. The molecule has 212 valence electrons. The van der Waals surface area contributed by atoms with E-state index in [4.69, 9.17) is 14.3 Å². The first-order valence-electron chi connectivity index (χ1n) is 12.7. The number of carboxylic acids is 1. The smallest absolute Gasteiger partial charge is 0.475 e. The lowest BCUT2D eigenvalue weighted by Crippen LogP contribution is -2.69. The Morgan fingerprint density at radius 3 is 2.23 bits per heavy atom. The molecule has 0 unspecified atom stereocenters. The molecule has 2 aliphatic rings. The fraction of sp³-hybridized carbons (Fsp3) is 0.357. The highest BCUT2D eigenvalue weighted by Crippen LogP contribution is 2.37. The number of anilines is 1. The van der Waals surface area contributed by atoms with Gasteiger partial charge in [-0.3, -0.25) is 19.5 Å². The second-order valence-corrected chi connectivity index (χ2v) is 9.63. The van der Waals surface area contributed by atoms with Crippen molar-refractivity contribution >= 4 is 23.5 Å². The molecule has 9 nitrogen and oxygen atoms in total. The van der Waals surface area contributed by atoms with Gasteiger partial charge in [0.05, 0.1) is 18.1 Å². The van der Waals surface area contributed by atoms with Gasteiger partial charge in [-0.1, -0.05) is 30.3 Å². The minimum Gasteiger partial charge on any atom is -0.475 e. The summed E-state index contributed by atoms with van der Waals surface area (Å²) in [5.74, 6) is -2.44. The summed E-state index contributed by atoms with van der Waals surface area (Å²) in [6.45, 7) is 5.05. The number of pyridine rings is 1. The number of aromatic nitrogens is 1. The predicted octanol–water partition coefficient (Wildman–Crippen LogP) is 4.14. The van der Waals surface area contributed by atoms with Gasteiger partial charge in [0.15, 0.2) is 5.76 Å². The molecule has 3 aromatic rings. The lowest BCUT2D eigenvalue weighted by atomic mass is 9.81. The Morgan fingerprint density at radius 2 is 1.68 bits per heavy atom. The Morgan fingerprint density at radius 1 is 1.00 bits per heavy atom. The minimum absolute atomic E-state index is 0.0976. The number of halogens is 3. The van der Waals surface area contributed by atoms with Crippen LogP contribution in [0.15, 0.2) is 71.5 Å². The molecule has 0 aliphatic carbocycles. The summed E-state index contributed by atoms with van der Waals surface area (Å²) in [5.41, 5.74) is 2.29. The standard InChI is InChI=1S/C26H28N4O3.C2HF3O2/c1-20-9-10-22(18-27-20)30-16-15-29(19-21-6-3-2-4-7-21)26(25(30)32)11-13-28(14-12-26)24(31)23-8-5-17-33-23;3-2(4,5)1(6)7/h2-10,17-18H,11-16,19H2,1H3;(H,6,7). The predicted molar refractivity (Wildman–Crippen MR) is 138 cm³/mol. The number of hydrogen-bond donors (Lipinski definition) is 1.